The third-order valence-corrected chi connectivity index (χ3v) is 4.94. The maximum Gasteiger partial charge on any atom is 0.361 e. The Hall–Kier alpha value is -4.02. The van der Waals surface area contributed by atoms with Crippen molar-refractivity contribution in [2.75, 3.05) is 5.32 Å². The molecule has 33 heavy (non-hydrogen) atoms. The van der Waals surface area contributed by atoms with Gasteiger partial charge in [-0.2, -0.15) is 10.2 Å². The van der Waals surface area contributed by atoms with E-state index in [1.54, 1.807) is 67.5 Å². The molecule has 2 aromatic heterocycles. The van der Waals surface area contributed by atoms with Crippen molar-refractivity contribution in [2.45, 2.75) is 53.8 Å². The standard InChI is InChI=1S/C22H26N6O5/c1-6-26-12-18(19(25-26)22(30)33-13(2)3)23-21(29)17-9-7-16(8-10-17)11-27-15(5)20(28(31)32)14(4)24-27/h7-10,12-13H,6,11H2,1-5H3,(H,23,29). The largest absolute Gasteiger partial charge is 0.458 e. The molecule has 2 heterocycles. The summed E-state index contributed by atoms with van der Waals surface area (Å²) in [5, 5.41) is 22.3. The smallest absolute Gasteiger partial charge is 0.361 e. The second kappa shape index (κ2) is 9.63. The molecule has 1 aromatic carbocycles. The molecule has 0 unspecified atom stereocenters. The predicted molar refractivity (Wildman–Crippen MR) is 120 cm³/mol. The van der Waals surface area contributed by atoms with E-state index >= 15 is 0 Å². The molecule has 0 aliphatic heterocycles. The summed E-state index contributed by atoms with van der Waals surface area (Å²) < 4.78 is 8.32. The average molecular weight is 454 g/mol. The molecule has 0 aliphatic rings. The van der Waals surface area contributed by atoms with Crippen molar-refractivity contribution in [1.82, 2.24) is 19.6 Å². The Labute approximate surface area is 190 Å². The van der Waals surface area contributed by atoms with Crippen LogP contribution in [0.15, 0.2) is 30.5 Å². The summed E-state index contributed by atoms with van der Waals surface area (Å²) in [6.07, 6.45) is 1.27. The van der Waals surface area contributed by atoms with Crippen molar-refractivity contribution in [3.8, 4) is 0 Å². The highest BCUT2D eigenvalue weighted by atomic mass is 16.6. The first kappa shape index (κ1) is 23.6. The van der Waals surface area contributed by atoms with Gasteiger partial charge in [-0.15, -0.1) is 0 Å². The third kappa shape index (κ3) is 5.25. The van der Waals surface area contributed by atoms with E-state index < -0.39 is 16.8 Å². The number of carbonyl (C=O) groups is 2. The highest BCUT2D eigenvalue weighted by molar-refractivity contribution is 6.07. The summed E-state index contributed by atoms with van der Waals surface area (Å²) in [5.41, 5.74) is 2.34. The van der Waals surface area contributed by atoms with Crippen LogP contribution in [0.5, 0.6) is 0 Å². The molecular weight excluding hydrogens is 428 g/mol. The van der Waals surface area contributed by atoms with Crippen molar-refractivity contribution in [3.05, 3.63) is 68.8 Å². The van der Waals surface area contributed by atoms with Gasteiger partial charge in [-0.3, -0.25) is 24.3 Å². The SMILES string of the molecule is CCn1cc(NC(=O)c2ccc(Cn3nc(C)c([N+](=O)[O-])c3C)cc2)c(C(=O)OC(C)C)n1. The summed E-state index contributed by atoms with van der Waals surface area (Å²) >= 11 is 0. The van der Waals surface area contributed by atoms with E-state index in [2.05, 4.69) is 15.5 Å². The fourth-order valence-corrected chi connectivity index (χ4v) is 3.33. The number of ether oxygens (including phenoxy) is 1. The first-order valence-electron chi connectivity index (χ1n) is 10.5. The Kier molecular flexibility index (Phi) is 6.90. The molecule has 0 saturated carbocycles. The van der Waals surface area contributed by atoms with Crippen molar-refractivity contribution in [2.24, 2.45) is 0 Å². The normalized spacial score (nSPS) is 11.0. The van der Waals surface area contributed by atoms with Crippen LogP contribution in [0.4, 0.5) is 11.4 Å². The average Bonchev–Trinajstić information content (AvgIpc) is 3.28. The van der Waals surface area contributed by atoms with Crippen LogP contribution < -0.4 is 5.32 Å². The molecule has 0 aliphatic carbocycles. The third-order valence-electron chi connectivity index (χ3n) is 4.94. The number of anilines is 1. The number of aromatic nitrogens is 4. The number of esters is 1. The van der Waals surface area contributed by atoms with E-state index in [4.69, 9.17) is 4.74 Å². The summed E-state index contributed by atoms with van der Waals surface area (Å²) in [4.78, 5) is 35.9. The summed E-state index contributed by atoms with van der Waals surface area (Å²) in [6, 6.07) is 6.78. The van der Waals surface area contributed by atoms with E-state index in [1.807, 2.05) is 6.92 Å². The van der Waals surface area contributed by atoms with Crippen LogP contribution in [0, 0.1) is 24.0 Å². The van der Waals surface area contributed by atoms with Gasteiger partial charge in [0.1, 0.15) is 11.4 Å². The van der Waals surface area contributed by atoms with Gasteiger partial charge in [0.2, 0.25) is 0 Å². The molecule has 3 aromatic rings. The summed E-state index contributed by atoms with van der Waals surface area (Å²) in [7, 11) is 0. The molecule has 174 valence electrons. The molecule has 0 spiro atoms. The zero-order valence-corrected chi connectivity index (χ0v) is 19.2. The molecule has 1 amide bonds. The van der Waals surface area contributed by atoms with Crippen LogP contribution in [0.3, 0.4) is 0 Å². The number of aryl methyl sites for hydroxylation is 2. The van der Waals surface area contributed by atoms with Gasteiger partial charge >= 0.3 is 11.7 Å². The maximum absolute atomic E-state index is 12.8. The number of benzene rings is 1. The topological polar surface area (TPSA) is 134 Å². The Morgan fingerprint density at radius 2 is 1.85 bits per heavy atom. The number of hydrogen-bond acceptors (Lipinski definition) is 7. The Morgan fingerprint density at radius 1 is 1.18 bits per heavy atom. The molecular formula is C22H26N6O5. The summed E-state index contributed by atoms with van der Waals surface area (Å²) in [6.45, 7) is 9.44. The zero-order chi connectivity index (χ0) is 24.3. The molecule has 0 saturated heterocycles. The first-order chi connectivity index (χ1) is 15.6. The first-order valence-corrected chi connectivity index (χ1v) is 10.5. The van der Waals surface area contributed by atoms with Gasteiger partial charge in [0.15, 0.2) is 5.69 Å². The van der Waals surface area contributed by atoms with Gasteiger partial charge in [0.25, 0.3) is 5.91 Å². The molecule has 3 rings (SSSR count). The van der Waals surface area contributed by atoms with E-state index in [-0.39, 0.29) is 23.2 Å². The van der Waals surface area contributed by atoms with Gasteiger partial charge < -0.3 is 10.1 Å². The fraction of sp³-hybridized carbons (Fsp3) is 0.364. The van der Waals surface area contributed by atoms with E-state index in [0.29, 0.717) is 30.0 Å². The number of nitrogens with one attached hydrogen (secondary N) is 1. The highest BCUT2D eigenvalue weighted by Crippen LogP contribution is 2.23. The van der Waals surface area contributed by atoms with Crippen molar-refractivity contribution >= 4 is 23.3 Å². The number of nitrogens with zero attached hydrogens (tertiary/aromatic N) is 5. The van der Waals surface area contributed by atoms with Gasteiger partial charge in [-0.25, -0.2) is 4.79 Å². The van der Waals surface area contributed by atoms with Crippen molar-refractivity contribution < 1.29 is 19.2 Å². The van der Waals surface area contributed by atoms with E-state index in [0.717, 1.165) is 5.56 Å². The van der Waals surface area contributed by atoms with Crippen LogP contribution in [-0.4, -0.2) is 42.5 Å². The molecule has 11 heteroatoms. The molecule has 0 radical (unpaired) electrons. The lowest BCUT2D eigenvalue weighted by Gasteiger charge is -2.09. The Bertz CT molecular complexity index is 1190. The zero-order valence-electron chi connectivity index (χ0n) is 19.2. The van der Waals surface area contributed by atoms with Gasteiger partial charge in [0, 0.05) is 18.3 Å². The Balaban J connectivity index is 1.75. The predicted octanol–water partition coefficient (Wildman–Crippen LogP) is 3.49. The maximum atomic E-state index is 12.8. The number of hydrogen-bond donors (Lipinski definition) is 1. The minimum atomic E-state index is -0.609. The molecule has 0 fully saturated rings. The van der Waals surface area contributed by atoms with Crippen LogP contribution in [0.1, 0.15) is 58.6 Å². The number of amides is 1. The minimum absolute atomic E-state index is 0.00502. The van der Waals surface area contributed by atoms with Gasteiger partial charge in [-0.1, -0.05) is 12.1 Å². The highest BCUT2D eigenvalue weighted by Gasteiger charge is 2.23. The Morgan fingerprint density at radius 3 is 2.39 bits per heavy atom. The summed E-state index contributed by atoms with van der Waals surface area (Å²) in [5.74, 6) is -1.01. The quantitative estimate of drug-likeness (QED) is 0.313. The van der Waals surface area contributed by atoms with Crippen LogP contribution in [0.25, 0.3) is 0 Å². The second-order valence-corrected chi connectivity index (χ2v) is 7.79. The van der Waals surface area contributed by atoms with E-state index in [9.17, 15) is 19.7 Å². The monoisotopic (exact) mass is 454 g/mol. The van der Waals surface area contributed by atoms with Crippen LogP contribution in [0.2, 0.25) is 0 Å². The lowest BCUT2D eigenvalue weighted by Crippen LogP contribution is -2.17. The molecule has 0 bridgehead atoms. The molecule has 0 atom stereocenters. The number of rotatable bonds is 8. The van der Waals surface area contributed by atoms with Crippen molar-refractivity contribution in [3.63, 3.8) is 0 Å². The van der Waals surface area contributed by atoms with E-state index in [1.165, 1.54) is 0 Å². The molecule has 11 nitrogen and oxygen atoms in total. The minimum Gasteiger partial charge on any atom is -0.458 e. The van der Waals surface area contributed by atoms with Gasteiger partial charge in [-0.05, 0) is 52.3 Å². The van der Waals surface area contributed by atoms with Crippen LogP contribution >= 0.6 is 0 Å². The number of carbonyl (C=O) groups excluding carboxylic acids is 2. The van der Waals surface area contributed by atoms with Crippen molar-refractivity contribution in [1.29, 1.82) is 0 Å². The lowest BCUT2D eigenvalue weighted by molar-refractivity contribution is -0.386. The lowest BCUT2D eigenvalue weighted by atomic mass is 10.1. The number of nitro groups is 1. The van der Waals surface area contributed by atoms with Crippen LogP contribution in [-0.2, 0) is 17.8 Å². The molecule has 1 N–H and O–H groups in total. The van der Waals surface area contributed by atoms with Gasteiger partial charge in [0.05, 0.1) is 23.3 Å². The fourth-order valence-electron chi connectivity index (χ4n) is 3.33. The second-order valence-electron chi connectivity index (χ2n) is 7.79.